The average Bonchev–Trinajstić information content (AvgIpc) is 2.98. The molecular formula is C13H16N4OS. The summed E-state index contributed by atoms with van der Waals surface area (Å²) < 4.78 is 3.75. The normalized spacial score (nSPS) is 12.1. The average molecular weight is 276 g/mol. The van der Waals surface area contributed by atoms with E-state index in [1.54, 1.807) is 17.8 Å². The second kappa shape index (κ2) is 6.38. The Morgan fingerprint density at radius 1 is 1.42 bits per heavy atom. The van der Waals surface area contributed by atoms with E-state index in [0.29, 0.717) is 12.2 Å². The van der Waals surface area contributed by atoms with Gasteiger partial charge in [0.1, 0.15) is 0 Å². The molecule has 5 nitrogen and oxygen atoms in total. The molecule has 0 saturated carbocycles. The zero-order valence-electron chi connectivity index (χ0n) is 11.0. The molecule has 0 saturated heterocycles. The van der Waals surface area contributed by atoms with Crippen LogP contribution in [0.5, 0.6) is 0 Å². The van der Waals surface area contributed by atoms with Crippen LogP contribution in [0.3, 0.4) is 0 Å². The highest BCUT2D eigenvalue weighted by molar-refractivity contribution is 7.03. The Bertz CT molecular complexity index is 515. The van der Waals surface area contributed by atoms with Gasteiger partial charge < -0.3 is 4.90 Å². The number of amides is 1. The van der Waals surface area contributed by atoms with E-state index < -0.39 is 0 Å². The minimum atomic E-state index is -0.0695. The number of pyridine rings is 1. The van der Waals surface area contributed by atoms with Gasteiger partial charge in [-0.3, -0.25) is 9.78 Å². The summed E-state index contributed by atoms with van der Waals surface area (Å²) in [6.45, 7) is 4.67. The van der Waals surface area contributed by atoms with Crippen LogP contribution in [0.25, 0.3) is 0 Å². The first kappa shape index (κ1) is 13.6. The number of rotatable bonds is 5. The Kier molecular flexibility index (Phi) is 4.57. The van der Waals surface area contributed by atoms with Crippen LogP contribution >= 0.6 is 11.5 Å². The van der Waals surface area contributed by atoms with E-state index in [9.17, 15) is 4.79 Å². The summed E-state index contributed by atoms with van der Waals surface area (Å²) in [5.74, 6) is -0.0695. The molecule has 0 bridgehead atoms. The molecular weight excluding hydrogens is 260 g/mol. The minimum absolute atomic E-state index is 0.0695. The van der Waals surface area contributed by atoms with Crippen molar-refractivity contribution in [3.63, 3.8) is 0 Å². The van der Waals surface area contributed by atoms with Gasteiger partial charge in [-0.25, -0.2) is 0 Å². The summed E-state index contributed by atoms with van der Waals surface area (Å²) in [6.07, 6.45) is 4.37. The predicted octanol–water partition coefficient (Wildman–Crippen LogP) is 2.37. The zero-order valence-corrected chi connectivity index (χ0v) is 11.8. The van der Waals surface area contributed by atoms with Gasteiger partial charge in [-0.05, 0) is 42.6 Å². The third-order valence-electron chi connectivity index (χ3n) is 3.07. The van der Waals surface area contributed by atoms with Gasteiger partial charge in [-0.2, -0.15) is 0 Å². The second-order valence-corrected chi connectivity index (χ2v) is 4.95. The van der Waals surface area contributed by atoms with E-state index in [-0.39, 0.29) is 11.9 Å². The van der Waals surface area contributed by atoms with Gasteiger partial charge in [0.05, 0.1) is 0 Å². The van der Waals surface area contributed by atoms with Crippen molar-refractivity contribution >= 4 is 17.4 Å². The Morgan fingerprint density at radius 2 is 2.16 bits per heavy atom. The minimum Gasteiger partial charge on any atom is -0.330 e. The molecule has 2 aromatic rings. The van der Waals surface area contributed by atoms with Crippen molar-refractivity contribution in [2.24, 2.45) is 0 Å². The largest absolute Gasteiger partial charge is 0.330 e. The van der Waals surface area contributed by atoms with E-state index >= 15 is 0 Å². The van der Waals surface area contributed by atoms with Crippen molar-refractivity contribution in [1.82, 2.24) is 19.5 Å². The van der Waals surface area contributed by atoms with E-state index in [1.165, 1.54) is 11.5 Å². The van der Waals surface area contributed by atoms with Crippen LogP contribution in [0, 0.1) is 0 Å². The Balaban J connectivity index is 2.19. The molecule has 0 aliphatic carbocycles. The quantitative estimate of drug-likeness (QED) is 0.841. The molecule has 0 unspecified atom stereocenters. The standard InChI is InChI=1S/C13H16N4OS/c1-3-10(2)17(8-11-4-6-14-7-5-11)13(18)12-9-19-16-15-12/h4-7,9-10H,3,8H2,1-2H3/t10-/m0/s1. The van der Waals surface area contributed by atoms with Gasteiger partial charge in [0.15, 0.2) is 5.69 Å². The number of hydrogen-bond donors (Lipinski definition) is 0. The predicted molar refractivity (Wildman–Crippen MR) is 73.8 cm³/mol. The topological polar surface area (TPSA) is 59.0 Å². The van der Waals surface area contributed by atoms with Crippen molar-refractivity contribution in [2.45, 2.75) is 32.9 Å². The highest BCUT2D eigenvalue weighted by Crippen LogP contribution is 2.14. The van der Waals surface area contributed by atoms with Gasteiger partial charge >= 0.3 is 0 Å². The Morgan fingerprint density at radius 3 is 2.74 bits per heavy atom. The van der Waals surface area contributed by atoms with Crippen LogP contribution in [0.1, 0.15) is 36.3 Å². The van der Waals surface area contributed by atoms with Gasteiger partial charge in [-0.15, -0.1) is 5.10 Å². The summed E-state index contributed by atoms with van der Waals surface area (Å²) >= 11 is 1.19. The smallest absolute Gasteiger partial charge is 0.275 e. The molecule has 2 heterocycles. The lowest BCUT2D eigenvalue weighted by atomic mass is 10.1. The molecule has 0 spiro atoms. The summed E-state index contributed by atoms with van der Waals surface area (Å²) in [7, 11) is 0. The molecule has 0 aliphatic heterocycles. The van der Waals surface area contributed by atoms with E-state index in [1.807, 2.05) is 24.0 Å². The first-order valence-electron chi connectivity index (χ1n) is 6.19. The lowest BCUT2D eigenvalue weighted by Gasteiger charge is -2.27. The van der Waals surface area contributed by atoms with E-state index in [0.717, 1.165) is 12.0 Å². The molecule has 0 aromatic carbocycles. The molecule has 2 aromatic heterocycles. The fourth-order valence-corrected chi connectivity index (χ4v) is 2.17. The first-order chi connectivity index (χ1) is 9.22. The van der Waals surface area contributed by atoms with Crippen LogP contribution in [0.4, 0.5) is 0 Å². The fraction of sp³-hybridized carbons (Fsp3) is 0.385. The van der Waals surface area contributed by atoms with Crippen LogP contribution in [-0.2, 0) is 6.54 Å². The summed E-state index contributed by atoms with van der Waals surface area (Å²) in [4.78, 5) is 18.2. The third-order valence-corrected chi connectivity index (χ3v) is 3.57. The lowest BCUT2D eigenvalue weighted by molar-refractivity contribution is 0.0665. The number of carbonyl (C=O) groups is 1. The van der Waals surface area contributed by atoms with Gasteiger partial charge in [0.2, 0.25) is 0 Å². The molecule has 100 valence electrons. The van der Waals surface area contributed by atoms with Crippen LogP contribution in [0.2, 0.25) is 0 Å². The SMILES string of the molecule is CC[C@H](C)N(Cc1ccncc1)C(=O)c1csnn1. The number of aromatic nitrogens is 3. The summed E-state index contributed by atoms with van der Waals surface area (Å²) in [6, 6.07) is 3.99. The maximum absolute atomic E-state index is 12.4. The fourth-order valence-electron chi connectivity index (χ4n) is 1.74. The second-order valence-electron chi connectivity index (χ2n) is 4.34. The van der Waals surface area contributed by atoms with Gasteiger partial charge in [-0.1, -0.05) is 11.4 Å². The van der Waals surface area contributed by atoms with Crippen molar-refractivity contribution in [1.29, 1.82) is 0 Å². The van der Waals surface area contributed by atoms with E-state index in [4.69, 9.17) is 0 Å². The van der Waals surface area contributed by atoms with E-state index in [2.05, 4.69) is 21.5 Å². The molecule has 1 atom stereocenters. The Hall–Kier alpha value is -1.82. The molecule has 0 radical (unpaired) electrons. The molecule has 19 heavy (non-hydrogen) atoms. The van der Waals surface area contributed by atoms with Crippen LogP contribution < -0.4 is 0 Å². The third kappa shape index (κ3) is 3.35. The van der Waals surface area contributed by atoms with Crippen molar-refractivity contribution in [2.75, 3.05) is 0 Å². The molecule has 1 amide bonds. The molecule has 6 heteroatoms. The Labute approximate surface area is 116 Å². The molecule has 2 rings (SSSR count). The van der Waals surface area contributed by atoms with Gasteiger partial charge in [0.25, 0.3) is 5.91 Å². The molecule has 0 fully saturated rings. The molecule has 0 N–H and O–H groups in total. The maximum Gasteiger partial charge on any atom is 0.275 e. The highest BCUT2D eigenvalue weighted by atomic mass is 32.1. The lowest BCUT2D eigenvalue weighted by Crippen LogP contribution is -2.38. The maximum atomic E-state index is 12.4. The summed E-state index contributed by atoms with van der Waals surface area (Å²) in [5.41, 5.74) is 1.48. The van der Waals surface area contributed by atoms with Crippen LogP contribution in [0.15, 0.2) is 29.9 Å². The molecule has 0 aliphatic rings. The number of nitrogens with zero attached hydrogens (tertiary/aromatic N) is 4. The van der Waals surface area contributed by atoms with Crippen molar-refractivity contribution in [3.8, 4) is 0 Å². The number of hydrogen-bond acceptors (Lipinski definition) is 5. The van der Waals surface area contributed by atoms with Crippen molar-refractivity contribution < 1.29 is 4.79 Å². The van der Waals surface area contributed by atoms with Crippen molar-refractivity contribution in [3.05, 3.63) is 41.2 Å². The number of carbonyl (C=O) groups excluding carboxylic acids is 1. The van der Waals surface area contributed by atoms with Crippen LogP contribution in [-0.4, -0.2) is 31.4 Å². The van der Waals surface area contributed by atoms with Gasteiger partial charge in [0, 0.05) is 30.4 Å². The highest BCUT2D eigenvalue weighted by Gasteiger charge is 2.22. The summed E-state index contributed by atoms with van der Waals surface area (Å²) in [5, 5.41) is 5.55. The monoisotopic (exact) mass is 276 g/mol. The zero-order chi connectivity index (χ0) is 13.7. The first-order valence-corrected chi connectivity index (χ1v) is 7.03.